The molecule has 192 valence electrons. The summed E-state index contributed by atoms with van der Waals surface area (Å²) in [6.07, 6.45) is 4.75. The predicted molar refractivity (Wildman–Crippen MR) is 129 cm³/mol. The number of nitrogens with two attached hydrogens (primary N) is 1. The van der Waals surface area contributed by atoms with Crippen molar-refractivity contribution in [2.75, 3.05) is 13.1 Å². The number of carbonyl (C=O) groups excluding carboxylic acids is 3. The molecule has 5 atom stereocenters. The summed E-state index contributed by atoms with van der Waals surface area (Å²) in [7, 11) is 0. The van der Waals surface area contributed by atoms with Crippen LogP contribution in [0, 0.1) is 17.8 Å². The minimum atomic E-state index is -2.49. The van der Waals surface area contributed by atoms with E-state index in [2.05, 4.69) is 17.1 Å². The van der Waals surface area contributed by atoms with Gasteiger partial charge in [0.2, 0.25) is 5.91 Å². The summed E-state index contributed by atoms with van der Waals surface area (Å²) >= 11 is 0. The van der Waals surface area contributed by atoms with Crippen molar-refractivity contribution in [3.05, 3.63) is 51.8 Å². The molecule has 5 rings (SSSR count). The number of hydrogen-bond donors (Lipinski definition) is 5. The molecule has 0 aromatic heterocycles. The van der Waals surface area contributed by atoms with Gasteiger partial charge < -0.3 is 26.2 Å². The summed E-state index contributed by atoms with van der Waals surface area (Å²) in [6.45, 7) is 4.01. The van der Waals surface area contributed by atoms with Crippen molar-refractivity contribution >= 4 is 17.5 Å². The molecular formula is C27H32N2O7. The maximum atomic E-state index is 13.8. The van der Waals surface area contributed by atoms with Crippen LogP contribution >= 0.6 is 0 Å². The van der Waals surface area contributed by atoms with E-state index in [0.29, 0.717) is 30.5 Å². The number of hydrogen-bond acceptors (Lipinski definition) is 8. The Labute approximate surface area is 208 Å². The molecule has 0 spiro atoms. The number of amides is 1. The molecule has 1 saturated carbocycles. The zero-order valence-corrected chi connectivity index (χ0v) is 20.2. The summed E-state index contributed by atoms with van der Waals surface area (Å²) < 4.78 is 0. The third-order valence-electron chi connectivity index (χ3n) is 8.48. The fraction of sp³-hybridized carbons (Fsp3) is 0.519. The number of aryl methyl sites for hydroxylation is 1. The second kappa shape index (κ2) is 8.83. The quantitative estimate of drug-likeness (QED) is 0.305. The Bertz CT molecular complexity index is 1220. The average molecular weight is 497 g/mol. The maximum Gasteiger partial charge on any atom is 0.230 e. The van der Waals surface area contributed by atoms with Gasteiger partial charge in [0, 0.05) is 36.7 Å². The Morgan fingerprint density at radius 3 is 2.58 bits per heavy atom. The lowest BCUT2D eigenvalue weighted by molar-refractivity contribution is -0.167. The van der Waals surface area contributed by atoms with Crippen LogP contribution in [-0.4, -0.2) is 67.6 Å². The van der Waals surface area contributed by atoms with E-state index >= 15 is 0 Å². The van der Waals surface area contributed by atoms with Gasteiger partial charge in [-0.1, -0.05) is 25.1 Å². The van der Waals surface area contributed by atoms with Gasteiger partial charge in [-0.25, -0.2) is 0 Å². The summed E-state index contributed by atoms with van der Waals surface area (Å²) in [5.41, 5.74) is 5.08. The van der Waals surface area contributed by atoms with E-state index in [9.17, 15) is 34.8 Å². The second-order valence-electron chi connectivity index (χ2n) is 10.5. The largest absolute Gasteiger partial charge is 0.508 e. The van der Waals surface area contributed by atoms with Crippen LogP contribution in [0.1, 0.15) is 53.2 Å². The number of aliphatic hydroxyl groups excluding tert-OH is 2. The number of carbonyl (C=O) groups is 3. The number of Topliss-reactive ketones (excluding diaryl/α,β-unsaturated/α-hetero) is 2. The highest BCUT2D eigenvalue weighted by Crippen LogP contribution is 2.52. The number of primary amides is 1. The van der Waals surface area contributed by atoms with Gasteiger partial charge in [-0.05, 0) is 49.1 Å². The van der Waals surface area contributed by atoms with Gasteiger partial charge in [0.15, 0.2) is 17.2 Å². The Morgan fingerprint density at radius 1 is 1.19 bits per heavy atom. The van der Waals surface area contributed by atoms with Gasteiger partial charge >= 0.3 is 0 Å². The Balaban J connectivity index is 1.61. The average Bonchev–Trinajstić information content (AvgIpc) is 2.83. The Kier molecular flexibility index (Phi) is 6.05. The number of benzene rings is 1. The van der Waals surface area contributed by atoms with Gasteiger partial charge in [0.05, 0.1) is 11.7 Å². The van der Waals surface area contributed by atoms with Crippen molar-refractivity contribution in [2.24, 2.45) is 23.5 Å². The minimum Gasteiger partial charge on any atom is -0.508 e. The summed E-state index contributed by atoms with van der Waals surface area (Å²) in [5.74, 6) is -6.78. The van der Waals surface area contributed by atoms with Crippen LogP contribution in [0.25, 0.3) is 0 Å². The molecule has 1 fully saturated rings. The zero-order valence-electron chi connectivity index (χ0n) is 20.2. The van der Waals surface area contributed by atoms with Crippen molar-refractivity contribution in [3.8, 4) is 5.75 Å². The van der Waals surface area contributed by atoms with Gasteiger partial charge in [-0.3, -0.25) is 19.3 Å². The van der Waals surface area contributed by atoms with Gasteiger partial charge in [0.1, 0.15) is 17.4 Å². The monoisotopic (exact) mass is 496 g/mol. The van der Waals surface area contributed by atoms with Gasteiger partial charge in [-0.15, -0.1) is 0 Å². The van der Waals surface area contributed by atoms with Crippen molar-refractivity contribution in [2.45, 2.75) is 57.3 Å². The number of phenolic OH excluding ortho intramolecular Hbond substituents is 1. The molecule has 1 amide bonds. The Morgan fingerprint density at radius 2 is 1.94 bits per heavy atom. The zero-order chi connectivity index (χ0) is 25.9. The molecular weight excluding hydrogens is 464 g/mol. The van der Waals surface area contributed by atoms with E-state index in [1.54, 1.807) is 0 Å². The van der Waals surface area contributed by atoms with Gasteiger partial charge in [0.25, 0.3) is 0 Å². The second-order valence-corrected chi connectivity index (χ2v) is 10.5. The Hall–Kier alpha value is -3.01. The molecule has 1 heterocycles. The predicted octanol–water partition coefficient (Wildman–Crippen LogP) is 1.07. The first kappa shape index (κ1) is 24.7. The molecule has 1 aliphatic heterocycles. The van der Waals surface area contributed by atoms with Crippen molar-refractivity contribution in [3.63, 3.8) is 0 Å². The molecule has 36 heavy (non-hydrogen) atoms. The number of rotatable bonds is 4. The number of ketones is 2. The number of aliphatic hydroxyl groups is 3. The summed E-state index contributed by atoms with van der Waals surface area (Å²) in [5, 5.41) is 44.3. The topological polar surface area (TPSA) is 161 Å². The molecule has 4 aliphatic rings. The lowest BCUT2D eigenvalue weighted by atomic mass is 9.57. The first-order chi connectivity index (χ1) is 17.1. The lowest BCUT2D eigenvalue weighted by Crippen LogP contribution is -2.63. The molecule has 9 heteroatoms. The molecule has 1 aromatic rings. The van der Waals surface area contributed by atoms with E-state index in [4.69, 9.17) is 5.73 Å². The van der Waals surface area contributed by atoms with Crippen molar-refractivity contribution < 1.29 is 34.8 Å². The molecule has 1 aromatic carbocycles. The first-order valence-corrected chi connectivity index (χ1v) is 12.6. The van der Waals surface area contributed by atoms with Crippen molar-refractivity contribution in [1.29, 1.82) is 0 Å². The third kappa shape index (κ3) is 3.52. The summed E-state index contributed by atoms with van der Waals surface area (Å²) in [4.78, 5) is 41.0. The molecule has 0 bridgehead atoms. The smallest absolute Gasteiger partial charge is 0.230 e. The van der Waals surface area contributed by atoms with Crippen LogP contribution in [0.5, 0.6) is 5.75 Å². The molecule has 9 nitrogen and oxygen atoms in total. The minimum absolute atomic E-state index is 0.103. The highest BCUT2D eigenvalue weighted by molar-refractivity contribution is 6.15. The van der Waals surface area contributed by atoms with Crippen LogP contribution in [0.15, 0.2) is 29.6 Å². The summed E-state index contributed by atoms with van der Waals surface area (Å²) in [6, 6.07) is 1.94. The molecule has 6 N–H and O–H groups in total. The fourth-order valence-electron chi connectivity index (χ4n) is 6.64. The van der Waals surface area contributed by atoms with Crippen LogP contribution in [-0.2, 0) is 29.0 Å². The van der Waals surface area contributed by atoms with Crippen LogP contribution in [0.4, 0.5) is 0 Å². The van der Waals surface area contributed by atoms with Crippen LogP contribution in [0.2, 0.25) is 0 Å². The van der Waals surface area contributed by atoms with E-state index in [0.717, 1.165) is 25.1 Å². The van der Waals surface area contributed by atoms with E-state index in [-0.39, 0.29) is 29.7 Å². The standard InChI is InChI=1S/C27H32N2O7/c1-2-13-8-15(12-29-6-4-3-5-7-29)22(31)20-17(13)10-14-9-16-11-18(30)21(26(28)35)25(34)27(16,36)24(33)19(14)23(20)32/h3-4,8,14,16,18,21,30-31,33,36H,2,5-7,9-12H2,1H3,(H2,28,35)/t14-,16+,18?,21?,27+/m1/s1. The van der Waals surface area contributed by atoms with Crippen LogP contribution < -0.4 is 5.73 Å². The molecule has 0 saturated heterocycles. The number of aromatic hydroxyl groups is 1. The molecule has 2 unspecified atom stereocenters. The SMILES string of the molecule is CCc1cc(CN2CC=CCC2)c(O)c2c1C[C@H]1C[C@H]3CC(O)C(C(N)=O)C(=O)[C@@]3(O)C(O)=C1C2=O. The number of phenols is 1. The van der Waals surface area contributed by atoms with Crippen molar-refractivity contribution in [1.82, 2.24) is 4.90 Å². The highest BCUT2D eigenvalue weighted by atomic mass is 16.3. The number of allylic oxidation sites excluding steroid dienone is 1. The maximum absolute atomic E-state index is 13.8. The number of fused-ring (bicyclic) bond motifs is 3. The van der Waals surface area contributed by atoms with E-state index in [1.165, 1.54) is 0 Å². The van der Waals surface area contributed by atoms with Gasteiger partial charge in [-0.2, -0.15) is 0 Å². The first-order valence-electron chi connectivity index (χ1n) is 12.6. The normalized spacial score (nSPS) is 32.2. The highest BCUT2D eigenvalue weighted by Gasteiger charge is 2.62. The third-order valence-corrected chi connectivity index (χ3v) is 8.48. The van der Waals surface area contributed by atoms with Crippen LogP contribution in [0.3, 0.4) is 0 Å². The van der Waals surface area contributed by atoms with E-state index in [1.807, 2.05) is 13.0 Å². The molecule has 3 aliphatic carbocycles. The number of nitrogens with zero attached hydrogens (tertiary/aromatic N) is 1. The molecule has 0 radical (unpaired) electrons. The fourth-order valence-corrected chi connectivity index (χ4v) is 6.64. The van der Waals surface area contributed by atoms with E-state index < -0.39 is 52.7 Å². The lowest BCUT2D eigenvalue weighted by Gasteiger charge is -2.48.